The molecule has 1 N–H and O–H groups in total. The zero-order valence-corrected chi connectivity index (χ0v) is 13.5. The van der Waals surface area contributed by atoms with Gasteiger partial charge in [-0.2, -0.15) is 0 Å². The second-order valence-electron chi connectivity index (χ2n) is 6.17. The Morgan fingerprint density at radius 1 is 1.43 bits per heavy atom. The van der Waals surface area contributed by atoms with Gasteiger partial charge in [-0.1, -0.05) is 6.07 Å². The minimum Gasteiger partial charge on any atom is -0.374 e. The average Bonchev–Trinajstić information content (AvgIpc) is 2.46. The van der Waals surface area contributed by atoms with E-state index in [0.717, 1.165) is 31.7 Å². The molecule has 1 aromatic carbocycles. The molecule has 0 radical (unpaired) electrons. The van der Waals surface area contributed by atoms with Gasteiger partial charge in [0.1, 0.15) is 5.82 Å². The fourth-order valence-electron chi connectivity index (χ4n) is 2.95. The zero-order valence-electron chi connectivity index (χ0n) is 13.5. The maximum absolute atomic E-state index is 13.2. The normalized spacial score (nSPS) is 21.7. The fraction of sp³-hybridized carbons (Fsp3) is 0.647. The molecule has 0 amide bonds. The Kier molecular flexibility index (Phi) is 5.73. The van der Waals surface area contributed by atoms with Gasteiger partial charge in [-0.15, -0.1) is 0 Å². The molecular weight excluding hydrogens is 267 g/mol. The molecule has 2 rings (SSSR count). The summed E-state index contributed by atoms with van der Waals surface area (Å²) in [6.45, 7) is 9.14. The van der Waals surface area contributed by atoms with Crippen molar-refractivity contribution in [1.29, 1.82) is 0 Å². The van der Waals surface area contributed by atoms with Gasteiger partial charge in [0.05, 0.1) is 12.7 Å². The first-order chi connectivity index (χ1) is 10.0. The van der Waals surface area contributed by atoms with Crippen LogP contribution in [0.3, 0.4) is 0 Å². The first-order valence-corrected chi connectivity index (χ1v) is 7.79. The van der Waals surface area contributed by atoms with Gasteiger partial charge in [-0.05, 0) is 57.5 Å². The van der Waals surface area contributed by atoms with Gasteiger partial charge < -0.3 is 10.1 Å². The van der Waals surface area contributed by atoms with E-state index in [4.69, 9.17) is 4.74 Å². The van der Waals surface area contributed by atoms with Gasteiger partial charge >= 0.3 is 0 Å². The lowest BCUT2D eigenvalue weighted by atomic mass is 9.96. The van der Waals surface area contributed by atoms with Crippen molar-refractivity contribution in [3.63, 3.8) is 0 Å². The van der Waals surface area contributed by atoms with Crippen molar-refractivity contribution < 1.29 is 9.13 Å². The van der Waals surface area contributed by atoms with E-state index in [9.17, 15) is 4.39 Å². The van der Waals surface area contributed by atoms with Crippen LogP contribution in [0.15, 0.2) is 18.2 Å². The van der Waals surface area contributed by atoms with Crippen LogP contribution < -0.4 is 5.32 Å². The highest BCUT2D eigenvalue weighted by molar-refractivity contribution is 5.27. The lowest BCUT2D eigenvalue weighted by Crippen LogP contribution is -2.53. The molecule has 0 saturated carbocycles. The number of nitrogens with zero attached hydrogens (tertiary/aromatic N) is 1. The van der Waals surface area contributed by atoms with Crippen LogP contribution in [-0.4, -0.2) is 49.8 Å². The number of hydrogen-bond donors (Lipinski definition) is 1. The van der Waals surface area contributed by atoms with E-state index in [1.165, 1.54) is 11.6 Å². The number of benzene rings is 1. The molecule has 3 nitrogen and oxygen atoms in total. The smallest absolute Gasteiger partial charge is 0.123 e. The number of hydrogen-bond acceptors (Lipinski definition) is 3. The molecule has 0 aliphatic carbocycles. The van der Waals surface area contributed by atoms with Crippen molar-refractivity contribution in [2.24, 2.45) is 0 Å². The number of rotatable bonds is 5. The Morgan fingerprint density at radius 2 is 2.19 bits per heavy atom. The molecule has 1 saturated heterocycles. The SMILES string of the molecule is CNC(Cc1ccc(F)cc1C)C1CN(C(C)C)CCO1. The van der Waals surface area contributed by atoms with Gasteiger partial charge in [0.15, 0.2) is 0 Å². The molecule has 1 aliphatic heterocycles. The molecule has 2 unspecified atom stereocenters. The predicted molar refractivity (Wildman–Crippen MR) is 84.1 cm³/mol. The maximum Gasteiger partial charge on any atom is 0.123 e. The summed E-state index contributed by atoms with van der Waals surface area (Å²) in [6.07, 6.45) is 1.04. The molecule has 0 bridgehead atoms. The largest absolute Gasteiger partial charge is 0.374 e. The van der Waals surface area contributed by atoms with E-state index < -0.39 is 0 Å². The van der Waals surface area contributed by atoms with E-state index in [1.807, 2.05) is 20.0 Å². The zero-order chi connectivity index (χ0) is 15.4. The highest BCUT2D eigenvalue weighted by Gasteiger charge is 2.28. The number of likely N-dealkylation sites (N-methyl/N-ethyl adjacent to an activating group) is 1. The third-order valence-electron chi connectivity index (χ3n) is 4.42. The number of morpholine rings is 1. The van der Waals surface area contributed by atoms with Crippen LogP contribution in [0, 0.1) is 12.7 Å². The number of nitrogens with one attached hydrogen (secondary N) is 1. The summed E-state index contributed by atoms with van der Waals surface area (Å²) in [6, 6.07) is 5.82. The van der Waals surface area contributed by atoms with E-state index in [2.05, 4.69) is 24.1 Å². The molecule has 1 aromatic rings. The van der Waals surface area contributed by atoms with Crippen molar-refractivity contribution in [1.82, 2.24) is 10.2 Å². The molecule has 1 heterocycles. The lowest BCUT2D eigenvalue weighted by Gasteiger charge is -2.39. The highest BCUT2D eigenvalue weighted by atomic mass is 19.1. The van der Waals surface area contributed by atoms with Gasteiger partial charge in [0, 0.05) is 25.2 Å². The molecular formula is C17H27FN2O. The van der Waals surface area contributed by atoms with Crippen molar-refractivity contribution in [2.75, 3.05) is 26.7 Å². The third kappa shape index (κ3) is 4.25. The van der Waals surface area contributed by atoms with Crippen LogP contribution >= 0.6 is 0 Å². The standard InChI is InChI=1S/C17H27FN2O/c1-12(2)20-7-8-21-17(11-20)16(19-4)10-14-5-6-15(18)9-13(14)3/h5-6,9,12,16-17,19H,7-8,10-11H2,1-4H3. The first-order valence-electron chi connectivity index (χ1n) is 7.79. The average molecular weight is 294 g/mol. The molecule has 21 heavy (non-hydrogen) atoms. The Labute approximate surface area is 127 Å². The Morgan fingerprint density at radius 3 is 2.81 bits per heavy atom. The maximum atomic E-state index is 13.2. The van der Waals surface area contributed by atoms with Crippen LogP contribution in [0.25, 0.3) is 0 Å². The molecule has 1 fully saturated rings. The van der Waals surface area contributed by atoms with Crippen molar-refractivity contribution in [3.8, 4) is 0 Å². The first kappa shape index (κ1) is 16.4. The van der Waals surface area contributed by atoms with Gasteiger partial charge in [0.25, 0.3) is 0 Å². The molecule has 0 aromatic heterocycles. The Hall–Kier alpha value is -0.970. The second kappa shape index (κ2) is 7.34. The van der Waals surface area contributed by atoms with Crippen molar-refractivity contribution in [2.45, 2.75) is 45.4 Å². The topological polar surface area (TPSA) is 24.5 Å². The van der Waals surface area contributed by atoms with Crippen LogP contribution in [0.4, 0.5) is 4.39 Å². The molecule has 118 valence electrons. The number of aryl methyl sites for hydroxylation is 1. The minimum atomic E-state index is -0.169. The summed E-state index contributed by atoms with van der Waals surface area (Å²) in [5.74, 6) is -0.169. The van der Waals surface area contributed by atoms with Crippen LogP contribution in [0.1, 0.15) is 25.0 Å². The van der Waals surface area contributed by atoms with Crippen LogP contribution in [-0.2, 0) is 11.2 Å². The monoisotopic (exact) mass is 294 g/mol. The lowest BCUT2D eigenvalue weighted by molar-refractivity contribution is -0.0542. The third-order valence-corrected chi connectivity index (χ3v) is 4.42. The van der Waals surface area contributed by atoms with Crippen LogP contribution in [0.5, 0.6) is 0 Å². The molecule has 0 spiro atoms. The van der Waals surface area contributed by atoms with Crippen LogP contribution in [0.2, 0.25) is 0 Å². The van der Waals surface area contributed by atoms with Gasteiger partial charge in [0.2, 0.25) is 0 Å². The number of halogens is 1. The summed E-state index contributed by atoms with van der Waals surface area (Å²) in [5, 5.41) is 3.38. The highest BCUT2D eigenvalue weighted by Crippen LogP contribution is 2.18. The van der Waals surface area contributed by atoms with Gasteiger partial charge in [-0.25, -0.2) is 4.39 Å². The van der Waals surface area contributed by atoms with E-state index in [0.29, 0.717) is 6.04 Å². The van der Waals surface area contributed by atoms with Gasteiger partial charge in [-0.3, -0.25) is 4.90 Å². The summed E-state index contributed by atoms with van der Waals surface area (Å²) < 4.78 is 19.2. The Balaban J connectivity index is 2.05. The summed E-state index contributed by atoms with van der Waals surface area (Å²) in [5.41, 5.74) is 2.19. The number of ether oxygens (including phenoxy) is 1. The van der Waals surface area contributed by atoms with Crippen molar-refractivity contribution >= 4 is 0 Å². The van der Waals surface area contributed by atoms with Crippen molar-refractivity contribution in [3.05, 3.63) is 35.1 Å². The van der Waals surface area contributed by atoms with E-state index >= 15 is 0 Å². The quantitative estimate of drug-likeness (QED) is 0.902. The molecule has 4 heteroatoms. The summed E-state index contributed by atoms with van der Waals surface area (Å²) in [4.78, 5) is 2.45. The van der Waals surface area contributed by atoms with E-state index in [-0.39, 0.29) is 18.0 Å². The van der Waals surface area contributed by atoms with E-state index in [1.54, 1.807) is 6.07 Å². The Bertz CT molecular complexity index is 464. The predicted octanol–water partition coefficient (Wildman–Crippen LogP) is 2.37. The fourth-order valence-corrected chi connectivity index (χ4v) is 2.95. The molecule has 1 aliphatic rings. The minimum absolute atomic E-state index is 0.169. The summed E-state index contributed by atoms with van der Waals surface area (Å²) >= 11 is 0. The summed E-state index contributed by atoms with van der Waals surface area (Å²) in [7, 11) is 1.97. The second-order valence-corrected chi connectivity index (χ2v) is 6.17. The molecule has 2 atom stereocenters.